The highest BCUT2D eigenvalue weighted by Crippen LogP contribution is 2.54. The van der Waals surface area contributed by atoms with E-state index in [1.165, 1.54) is 52.8 Å². The zero-order chi connectivity index (χ0) is 21.0. The summed E-state index contributed by atoms with van der Waals surface area (Å²) in [5, 5.41) is 20.2. The summed E-state index contributed by atoms with van der Waals surface area (Å²) in [6.07, 6.45) is 8.22. The molecule has 1 unspecified atom stereocenters. The van der Waals surface area contributed by atoms with Crippen molar-refractivity contribution in [3.8, 4) is 11.5 Å². The molecule has 2 N–H and O–H groups in total. The van der Waals surface area contributed by atoms with Gasteiger partial charge in [0.1, 0.15) is 11.5 Å². The Morgan fingerprint density at radius 1 is 0.742 bits per heavy atom. The number of rotatable bonds is 2. The molecule has 0 bridgehead atoms. The van der Waals surface area contributed by atoms with E-state index in [4.69, 9.17) is 0 Å². The lowest BCUT2D eigenvalue weighted by Gasteiger charge is -2.29. The van der Waals surface area contributed by atoms with Gasteiger partial charge in [0.15, 0.2) is 0 Å². The van der Waals surface area contributed by atoms with E-state index in [2.05, 4.69) is 47.4 Å². The first kappa shape index (κ1) is 18.6. The predicted octanol–water partition coefficient (Wildman–Crippen LogP) is 5.77. The third kappa shape index (κ3) is 2.87. The highest BCUT2D eigenvalue weighted by atomic mass is 16.3. The van der Waals surface area contributed by atoms with Crippen molar-refractivity contribution in [3.05, 3.63) is 94.6 Å². The minimum Gasteiger partial charge on any atom is -0.508 e. The van der Waals surface area contributed by atoms with Crippen LogP contribution in [0.3, 0.4) is 0 Å². The van der Waals surface area contributed by atoms with Crippen LogP contribution < -0.4 is 4.90 Å². The van der Waals surface area contributed by atoms with Crippen LogP contribution in [0.1, 0.15) is 53.5 Å². The first-order chi connectivity index (χ1) is 15.1. The van der Waals surface area contributed by atoms with Crippen LogP contribution in [0.4, 0.5) is 5.69 Å². The fourth-order valence-electron chi connectivity index (χ4n) is 5.91. The molecule has 1 heterocycles. The average molecular weight is 410 g/mol. The number of hydrogen-bond donors (Lipinski definition) is 2. The molecular formula is C28H27NO2. The minimum absolute atomic E-state index is 0.188. The van der Waals surface area contributed by atoms with E-state index in [0.717, 1.165) is 31.5 Å². The quantitative estimate of drug-likeness (QED) is 0.565. The molecule has 0 radical (unpaired) electrons. The molecule has 3 heteroatoms. The third-order valence-corrected chi connectivity index (χ3v) is 7.42. The zero-order valence-electron chi connectivity index (χ0n) is 17.6. The predicted molar refractivity (Wildman–Crippen MR) is 125 cm³/mol. The van der Waals surface area contributed by atoms with Gasteiger partial charge in [0.2, 0.25) is 0 Å². The number of aromatic hydroxyl groups is 2. The maximum absolute atomic E-state index is 10.3. The number of aryl methyl sites for hydroxylation is 1. The summed E-state index contributed by atoms with van der Waals surface area (Å²) in [7, 11) is 0. The molecule has 6 rings (SSSR count). The molecule has 3 nitrogen and oxygen atoms in total. The second-order valence-electron chi connectivity index (χ2n) is 9.20. The SMILES string of the molecule is Oc1ccc2c(c1)CCC21C=C(c2ccc(N3CCCCC3)cc2)c2cc(O)ccc21. The number of piperidine rings is 1. The van der Waals surface area contributed by atoms with Crippen LogP contribution in [0, 0.1) is 0 Å². The molecule has 1 aliphatic heterocycles. The summed E-state index contributed by atoms with van der Waals surface area (Å²) in [6, 6.07) is 20.5. The van der Waals surface area contributed by atoms with Crippen LogP contribution in [-0.4, -0.2) is 23.3 Å². The zero-order valence-corrected chi connectivity index (χ0v) is 17.6. The molecule has 0 aromatic heterocycles. The van der Waals surface area contributed by atoms with E-state index in [9.17, 15) is 10.2 Å². The standard InChI is InChI=1S/C28H27NO2/c30-22-8-10-26-20(16-22)12-13-28(26)18-25(24-17-23(31)9-11-27(24)28)19-4-6-21(7-5-19)29-14-2-1-3-15-29/h4-11,16-18,30-31H,1-3,12-15H2. The summed E-state index contributed by atoms with van der Waals surface area (Å²) in [5.74, 6) is 0.632. The van der Waals surface area contributed by atoms with Crippen molar-refractivity contribution in [1.29, 1.82) is 0 Å². The molecule has 2 aliphatic carbocycles. The van der Waals surface area contributed by atoms with Crippen molar-refractivity contribution in [2.45, 2.75) is 37.5 Å². The Morgan fingerprint density at radius 3 is 2.23 bits per heavy atom. The Labute approximate surface area is 183 Å². The second kappa shape index (κ2) is 6.91. The normalized spacial score (nSPS) is 21.8. The molecule has 3 aromatic carbocycles. The molecule has 1 saturated heterocycles. The molecule has 0 saturated carbocycles. The Morgan fingerprint density at radius 2 is 1.45 bits per heavy atom. The Kier molecular flexibility index (Phi) is 4.14. The van der Waals surface area contributed by atoms with E-state index < -0.39 is 0 Å². The van der Waals surface area contributed by atoms with E-state index in [0.29, 0.717) is 11.5 Å². The summed E-state index contributed by atoms with van der Waals surface area (Å²) < 4.78 is 0. The van der Waals surface area contributed by atoms with Gasteiger partial charge in [-0.25, -0.2) is 0 Å². The van der Waals surface area contributed by atoms with Gasteiger partial charge in [-0.2, -0.15) is 0 Å². The fraction of sp³-hybridized carbons (Fsp3) is 0.286. The van der Waals surface area contributed by atoms with E-state index in [-0.39, 0.29) is 5.41 Å². The monoisotopic (exact) mass is 409 g/mol. The van der Waals surface area contributed by atoms with Crippen molar-refractivity contribution in [1.82, 2.24) is 0 Å². The molecule has 1 atom stereocenters. The number of benzene rings is 3. The number of anilines is 1. The van der Waals surface area contributed by atoms with Gasteiger partial charge >= 0.3 is 0 Å². The van der Waals surface area contributed by atoms with E-state index >= 15 is 0 Å². The van der Waals surface area contributed by atoms with Crippen LogP contribution in [0.15, 0.2) is 66.7 Å². The molecule has 3 aromatic rings. The van der Waals surface area contributed by atoms with Crippen molar-refractivity contribution in [2.24, 2.45) is 0 Å². The van der Waals surface area contributed by atoms with Crippen molar-refractivity contribution in [3.63, 3.8) is 0 Å². The number of phenolic OH excluding ortho intramolecular Hbond substituents is 2. The minimum atomic E-state index is -0.188. The number of allylic oxidation sites excluding steroid dienone is 1. The molecule has 3 aliphatic rings. The fourth-order valence-corrected chi connectivity index (χ4v) is 5.91. The third-order valence-electron chi connectivity index (χ3n) is 7.42. The van der Waals surface area contributed by atoms with Gasteiger partial charge in [0, 0.05) is 24.2 Å². The van der Waals surface area contributed by atoms with Gasteiger partial charge in [-0.15, -0.1) is 0 Å². The lowest BCUT2D eigenvalue weighted by molar-refractivity contribution is 0.474. The first-order valence-electron chi connectivity index (χ1n) is 11.4. The van der Waals surface area contributed by atoms with Gasteiger partial charge in [0.05, 0.1) is 0 Å². The summed E-state index contributed by atoms with van der Waals surface area (Å²) in [6.45, 7) is 2.29. The Balaban J connectivity index is 1.45. The molecule has 0 amide bonds. The van der Waals surface area contributed by atoms with E-state index in [1.807, 2.05) is 12.1 Å². The van der Waals surface area contributed by atoms with Crippen LogP contribution in [-0.2, 0) is 11.8 Å². The highest BCUT2D eigenvalue weighted by Gasteiger charge is 2.44. The molecule has 156 valence electrons. The maximum Gasteiger partial charge on any atom is 0.116 e. The van der Waals surface area contributed by atoms with Crippen LogP contribution in [0.25, 0.3) is 5.57 Å². The number of phenols is 2. The van der Waals surface area contributed by atoms with Gasteiger partial charge in [-0.3, -0.25) is 0 Å². The lowest BCUT2D eigenvalue weighted by Crippen LogP contribution is -2.29. The highest BCUT2D eigenvalue weighted by molar-refractivity contribution is 5.89. The number of nitrogens with zero attached hydrogens (tertiary/aromatic N) is 1. The van der Waals surface area contributed by atoms with Gasteiger partial charge < -0.3 is 15.1 Å². The van der Waals surface area contributed by atoms with Crippen molar-refractivity contribution in [2.75, 3.05) is 18.0 Å². The van der Waals surface area contributed by atoms with Gasteiger partial charge in [-0.05, 0) is 102 Å². The van der Waals surface area contributed by atoms with Crippen molar-refractivity contribution >= 4 is 11.3 Å². The average Bonchev–Trinajstić information content (AvgIpc) is 3.32. The Hall–Kier alpha value is -3.20. The summed E-state index contributed by atoms with van der Waals surface area (Å²) in [5.41, 5.74) is 8.36. The number of hydrogen-bond acceptors (Lipinski definition) is 3. The molecule has 1 fully saturated rings. The number of fused-ring (bicyclic) bond motifs is 4. The lowest BCUT2D eigenvalue weighted by atomic mass is 9.77. The summed E-state index contributed by atoms with van der Waals surface area (Å²) >= 11 is 0. The van der Waals surface area contributed by atoms with Crippen LogP contribution in [0.5, 0.6) is 11.5 Å². The van der Waals surface area contributed by atoms with E-state index in [1.54, 1.807) is 12.1 Å². The molecular weight excluding hydrogens is 382 g/mol. The van der Waals surface area contributed by atoms with Crippen LogP contribution in [0.2, 0.25) is 0 Å². The second-order valence-corrected chi connectivity index (χ2v) is 9.20. The van der Waals surface area contributed by atoms with Crippen molar-refractivity contribution < 1.29 is 10.2 Å². The van der Waals surface area contributed by atoms with Gasteiger partial charge in [-0.1, -0.05) is 30.3 Å². The summed E-state index contributed by atoms with van der Waals surface area (Å²) in [4.78, 5) is 2.48. The first-order valence-corrected chi connectivity index (χ1v) is 11.4. The van der Waals surface area contributed by atoms with Crippen LogP contribution >= 0.6 is 0 Å². The molecule has 31 heavy (non-hydrogen) atoms. The van der Waals surface area contributed by atoms with Gasteiger partial charge in [0.25, 0.3) is 0 Å². The Bertz CT molecular complexity index is 1190. The largest absolute Gasteiger partial charge is 0.508 e. The topological polar surface area (TPSA) is 43.7 Å². The molecule has 1 spiro atoms. The maximum atomic E-state index is 10.3. The smallest absolute Gasteiger partial charge is 0.116 e.